The lowest BCUT2D eigenvalue weighted by atomic mass is 10.2. The number of hydrogen-bond acceptors (Lipinski definition) is 6. The summed E-state index contributed by atoms with van der Waals surface area (Å²) in [5.41, 5.74) is 2.10. The first-order chi connectivity index (χ1) is 14.0. The van der Waals surface area contributed by atoms with Crippen molar-refractivity contribution in [2.45, 2.75) is 0 Å². The average molecular weight is 453 g/mol. The van der Waals surface area contributed by atoms with Gasteiger partial charge in [-0.05, 0) is 42.5 Å². The second-order valence-corrected chi connectivity index (χ2v) is 6.98. The van der Waals surface area contributed by atoms with Crippen molar-refractivity contribution in [1.82, 2.24) is 14.8 Å². The fourth-order valence-corrected chi connectivity index (χ4v) is 2.84. The summed E-state index contributed by atoms with van der Waals surface area (Å²) >= 11 is 16.2. The maximum Gasteiger partial charge on any atom is 0.336 e. The summed E-state index contributed by atoms with van der Waals surface area (Å²) in [4.78, 5) is 16.0. The van der Waals surface area contributed by atoms with Gasteiger partial charge in [-0.25, -0.2) is 4.68 Å². The van der Waals surface area contributed by atoms with E-state index in [1.165, 1.54) is 0 Å². The summed E-state index contributed by atoms with van der Waals surface area (Å²) in [5.74, 6) is 0.448. The topological polar surface area (TPSA) is 78.3 Å². The Bertz CT molecular complexity index is 996. The van der Waals surface area contributed by atoms with Gasteiger partial charge in [0, 0.05) is 18.4 Å². The largest absolute Gasteiger partial charge is 0.460 e. The van der Waals surface area contributed by atoms with Crippen LogP contribution in [-0.4, -0.2) is 46.7 Å². The van der Waals surface area contributed by atoms with Crippen molar-refractivity contribution in [3.63, 3.8) is 0 Å². The van der Waals surface area contributed by atoms with E-state index in [1.54, 1.807) is 42.1 Å². The minimum absolute atomic E-state index is 0.106. The van der Waals surface area contributed by atoms with Crippen molar-refractivity contribution in [3.05, 3.63) is 52.5 Å². The number of amides is 1. The number of nitrogens with zero attached hydrogens (tertiary/aromatic N) is 3. The van der Waals surface area contributed by atoms with E-state index in [0.29, 0.717) is 34.8 Å². The van der Waals surface area contributed by atoms with Crippen molar-refractivity contribution < 1.29 is 14.3 Å². The summed E-state index contributed by atoms with van der Waals surface area (Å²) in [5, 5.41) is 8.03. The van der Waals surface area contributed by atoms with Crippen LogP contribution in [-0.2, 0) is 9.53 Å². The number of carbonyl (C=O) groups is 1. The molecule has 0 aliphatic rings. The Morgan fingerprint density at radius 2 is 1.90 bits per heavy atom. The number of carbonyl (C=O) groups excluding carboxylic acids is 1. The highest BCUT2D eigenvalue weighted by Crippen LogP contribution is 2.30. The zero-order valence-electron chi connectivity index (χ0n) is 15.4. The number of benzene rings is 2. The quantitative estimate of drug-likeness (QED) is 0.396. The highest BCUT2D eigenvalue weighted by atomic mass is 35.5. The molecule has 0 aliphatic heterocycles. The van der Waals surface area contributed by atoms with Crippen molar-refractivity contribution in [3.8, 4) is 23.1 Å². The number of anilines is 1. The second-order valence-electron chi connectivity index (χ2n) is 5.85. The van der Waals surface area contributed by atoms with Gasteiger partial charge in [-0.3, -0.25) is 4.79 Å². The van der Waals surface area contributed by atoms with Crippen LogP contribution in [0.4, 0.5) is 5.69 Å². The van der Waals surface area contributed by atoms with Gasteiger partial charge in [-0.15, -0.1) is 5.10 Å². The van der Waals surface area contributed by atoms with Crippen LogP contribution in [0.15, 0.2) is 42.5 Å². The van der Waals surface area contributed by atoms with Crippen LogP contribution >= 0.6 is 35.8 Å². The molecule has 0 atom stereocenters. The van der Waals surface area contributed by atoms with Gasteiger partial charge < -0.3 is 14.8 Å². The Balaban J connectivity index is 1.97. The molecule has 1 aromatic heterocycles. The number of nitrogens with one attached hydrogen (secondary N) is 1. The van der Waals surface area contributed by atoms with Gasteiger partial charge in [0.25, 0.3) is 0 Å². The molecule has 7 nitrogen and oxygen atoms in total. The van der Waals surface area contributed by atoms with Gasteiger partial charge in [-0.1, -0.05) is 23.2 Å². The number of thiol groups is 1. The molecule has 152 valence electrons. The maximum absolute atomic E-state index is 11.5. The smallest absolute Gasteiger partial charge is 0.336 e. The zero-order valence-corrected chi connectivity index (χ0v) is 17.8. The first kappa shape index (κ1) is 21.4. The maximum atomic E-state index is 11.5. The molecule has 1 amide bonds. The van der Waals surface area contributed by atoms with Gasteiger partial charge in [0.15, 0.2) is 5.82 Å². The van der Waals surface area contributed by atoms with E-state index in [0.717, 1.165) is 11.3 Å². The Kier molecular flexibility index (Phi) is 7.38. The molecule has 0 aliphatic carbocycles. The number of halogens is 2. The number of methoxy groups -OCH3 is 1. The van der Waals surface area contributed by atoms with Gasteiger partial charge in [-0.2, -0.15) is 17.6 Å². The third-order valence-electron chi connectivity index (χ3n) is 3.82. The number of hydrogen-bond donors (Lipinski definition) is 2. The molecule has 0 saturated heterocycles. The molecule has 0 bridgehead atoms. The fourth-order valence-electron chi connectivity index (χ4n) is 2.46. The molecule has 1 N–H and O–H groups in total. The molecule has 3 aromatic rings. The molecule has 0 unspecified atom stereocenters. The van der Waals surface area contributed by atoms with E-state index < -0.39 is 0 Å². The van der Waals surface area contributed by atoms with Crippen LogP contribution in [0.3, 0.4) is 0 Å². The molecule has 29 heavy (non-hydrogen) atoms. The number of rotatable bonds is 8. The third-order valence-corrected chi connectivity index (χ3v) is 4.85. The van der Waals surface area contributed by atoms with Gasteiger partial charge >= 0.3 is 6.01 Å². The van der Waals surface area contributed by atoms with Crippen LogP contribution in [0, 0.1) is 0 Å². The molecule has 0 fully saturated rings. The SMILES string of the molecule is COCCOc1nc(-c2ccc(Cl)c(Cl)c2)n(-c2ccc(NC(=O)CS)cc2)n1. The van der Waals surface area contributed by atoms with Crippen LogP contribution in [0.5, 0.6) is 6.01 Å². The summed E-state index contributed by atoms with van der Waals surface area (Å²) in [6, 6.07) is 12.6. The Morgan fingerprint density at radius 1 is 1.14 bits per heavy atom. The van der Waals surface area contributed by atoms with E-state index in [-0.39, 0.29) is 17.7 Å². The van der Waals surface area contributed by atoms with Gasteiger partial charge in [0.1, 0.15) is 6.61 Å². The van der Waals surface area contributed by atoms with Crippen LogP contribution in [0.25, 0.3) is 17.1 Å². The summed E-state index contributed by atoms with van der Waals surface area (Å²) in [7, 11) is 1.59. The molecular weight excluding hydrogens is 435 g/mol. The van der Waals surface area contributed by atoms with Gasteiger partial charge in [0.05, 0.1) is 28.1 Å². The fraction of sp³-hybridized carbons (Fsp3) is 0.211. The van der Waals surface area contributed by atoms with Crippen LogP contribution in [0.1, 0.15) is 0 Å². The molecule has 0 spiro atoms. The average Bonchev–Trinajstić information content (AvgIpc) is 3.15. The Morgan fingerprint density at radius 3 is 2.55 bits per heavy atom. The molecule has 0 saturated carbocycles. The van der Waals surface area contributed by atoms with E-state index >= 15 is 0 Å². The molecule has 10 heteroatoms. The summed E-state index contributed by atoms with van der Waals surface area (Å²) in [6.07, 6.45) is 0. The Labute approximate surface area is 183 Å². The summed E-state index contributed by atoms with van der Waals surface area (Å²) < 4.78 is 12.2. The standard InChI is InChI=1S/C19H18Cl2N4O3S/c1-27-8-9-28-19-23-18(12-2-7-15(20)16(21)10-12)25(24-19)14-5-3-13(4-6-14)22-17(26)11-29/h2-7,10,29H,8-9,11H2,1H3,(H,22,26). The lowest BCUT2D eigenvalue weighted by molar-refractivity contribution is -0.113. The van der Waals surface area contributed by atoms with E-state index in [2.05, 4.69) is 28.0 Å². The number of aromatic nitrogens is 3. The number of ether oxygens (including phenoxy) is 2. The van der Waals surface area contributed by atoms with Crippen molar-refractivity contribution >= 4 is 47.4 Å². The van der Waals surface area contributed by atoms with E-state index in [4.69, 9.17) is 32.7 Å². The highest BCUT2D eigenvalue weighted by molar-refractivity contribution is 7.81. The molecular formula is C19H18Cl2N4O3S. The third kappa shape index (κ3) is 5.42. The van der Waals surface area contributed by atoms with E-state index in [1.807, 2.05) is 12.1 Å². The van der Waals surface area contributed by atoms with Crippen LogP contribution in [0.2, 0.25) is 10.0 Å². The van der Waals surface area contributed by atoms with Crippen molar-refractivity contribution in [2.24, 2.45) is 0 Å². The Hall–Kier alpha value is -2.26. The molecule has 0 radical (unpaired) electrons. The first-order valence-corrected chi connectivity index (χ1v) is 9.96. The van der Waals surface area contributed by atoms with E-state index in [9.17, 15) is 4.79 Å². The first-order valence-electron chi connectivity index (χ1n) is 8.57. The molecule has 1 heterocycles. The minimum atomic E-state index is -0.188. The summed E-state index contributed by atoms with van der Waals surface area (Å²) in [6.45, 7) is 0.728. The lowest BCUT2D eigenvalue weighted by Gasteiger charge is -2.08. The van der Waals surface area contributed by atoms with Crippen molar-refractivity contribution in [2.75, 3.05) is 31.4 Å². The van der Waals surface area contributed by atoms with Crippen LogP contribution < -0.4 is 10.1 Å². The van der Waals surface area contributed by atoms with Gasteiger partial charge in [0.2, 0.25) is 5.91 Å². The normalized spacial score (nSPS) is 10.8. The second kappa shape index (κ2) is 9.98. The van der Waals surface area contributed by atoms with Crippen molar-refractivity contribution in [1.29, 1.82) is 0 Å². The monoisotopic (exact) mass is 452 g/mol. The predicted molar refractivity (Wildman–Crippen MR) is 117 cm³/mol. The minimum Gasteiger partial charge on any atom is -0.460 e. The lowest BCUT2D eigenvalue weighted by Crippen LogP contribution is -2.12. The zero-order chi connectivity index (χ0) is 20.8. The predicted octanol–water partition coefficient (Wildman–Crippen LogP) is 4.13. The highest BCUT2D eigenvalue weighted by Gasteiger charge is 2.16. The molecule has 3 rings (SSSR count). The molecule has 2 aromatic carbocycles.